The number of ether oxygens (including phenoxy) is 5. The van der Waals surface area contributed by atoms with E-state index in [4.69, 9.17) is 29.2 Å². The molecule has 0 aliphatic carbocycles. The van der Waals surface area contributed by atoms with Crippen LogP contribution in [0.5, 0.6) is 5.75 Å². The smallest absolute Gasteiger partial charge is 0.303 e. The van der Waals surface area contributed by atoms with Crippen LogP contribution in [-0.2, 0) is 35.1 Å². The summed E-state index contributed by atoms with van der Waals surface area (Å²) in [6.07, 6.45) is -3.49. The lowest BCUT2D eigenvalue weighted by Gasteiger charge is -2.44. The van der Waals surface area contributed by atoms with Crippen LogP contribution in [0.2, 0.25) is 0 Å². The van der Waals surface area contributed by atoms with Crippen molar-refractivity contribution in [2.24, 2.45) is 5.11 Å². The lowest BCUT2D eigenvalue weighted by atomic mass is 9.95. The standard InChI is InChI=1S/C20H28N4O7/c1-5-29-18-16(11-28-10-14-6-8-15(27-4)9-7-14)31-20(23-24-21)17(22-12(2)25)19(18)30-13(3)26/h6-9,16-20H,5,10-11H2,1-4H3,(H,22,25)/t16?,17?,18-,19+,20-/m1/s1. The Kier molecular flexibility index (Phi) is 9.54. The van der Waals surface area contributed by atoms with Crippen LogP contribution in [0, 0.1) is 0 Å². The number of amides is 1. The van der Waals surface area contributed by atoms with Crippen molar-refractivity contribution in [3.05, 3.63) is 40.3 Å². The number of nitrogens with one attached hydrogen (secondary N) is 1. The van der Waals surface area contributed by atoms with Crippen LogP contribution in [0.1, 0.15) is 26.3 Å². The minimum Gasteiger partial charge on any atom is -0.497 e. The van der Waals surface area contributed by atoms with Gasteiger partial charge < -0.3 is 29.0 Å². The summed E-state index contributed by atoms with van der Waals surface area (Å²) in [4.78, 5) is 26.2. The summed E-state index contributed by atoms with van der Waals surface area (Å²) in [6.45, 7) is 5.02. The van der Waals surface area contributed by atoms with Crippen molar-refractivity contribution in [2.75, 3.05) is 20.3 Å². The van der Waals surface area contributed by atoms with E-state index >= 15 is 0 Å². The van der Waals surface area contributed by atoms with E-state index in [9.17, 15) is 9.59 Å². The van der Waals surface area contributed by atoms with Crippen molar-refractivity contribution in [3.63, 3.8) is 0 Å². The van der Waals surface area contributed by atoms with E-state index in [1.165, 1.54) is 13.8 Å². The van der Waals surface area contributed by atoms with Crippen molar-refractivity contribution >= 4 is 11.9 Å². The second-order valence-corrected chi connectivity index (χ2v) is 6.85. The Morgan fingerprint density at radius 1 is 1.23 bits per heavy atom. The highest BCUT2D eigenvalue weighted by molar-refractivity contribution is 5.73. The molecule has 1 aromatic rings. The number of esters is 1. The fourth-order valence-electron chi connectivity index (χ4n) is 3.33. The molecule has 170 valence electrons. The normalized spacial score (nSPS) is 25.2. The fraction of sp³-hybridized carbons (Fsp3) is 0.600. The van der Waals surface area contributed by atoms with Gasteiger partial charge in [-0.15, -0.1) is 0 Å². The Balaban J connectivity index is 2.19. The molecule has 1 amide bonds. The van der Waals surface area contributed by atoms with E-state index in [0.29, 0.717) is 13.2 Å². The van der Waals surface area contributed by atoms with Gasteiger partial charge in [-0.25, -0.2) is 0 Å². The van der Waals surface area contributed by atoms with Gasteiger partial charge in [-0.3, -0.25) is 9.59 Å². The number of hydrogen-bond donors (Lipinski definition) is 1. The van der Waals surface area contributed by atoms with Gasteiger partial charge in [-0.2, -0.15) is 0 Å². The molecule has 31 heavy (non-hydrogen) atoms. The number of carbonyl (C=O) groups excluding carboxylic acids is 2. The highest BCUT2D eigenvalue weighted by Crippen LogP contribution is 2.28. The second kappa shape index (κ2) is 12.1. The molecule has 2 rings (SSSR count). The zero-order valence-corrected chi connectivity index (χ0v) is 18.0. The van der Waals surface area contributed by atoms with Crippen LogP contribution in [0.15, 0.2) is 29.4 Å². The van der Waals surface area contributed by atoms with E-state index < -0.39 is 42.5 Å². The maximum atomic E-state index is 11.7. The molecule has 1 saturated heterocycles. The SMILES string of the molecule is CCO[C@@H]1C(COCc2ccc(OC)cc2)O[C@@H](N=[N+]=[N-])C(NC(C)=O)[C@@H]1OC(C)=O. The quantitative estimate of drug-likeness (QED) is 0.256. The lowest BCUT2D eigenvalue weighted by molar-refractivity contribution is -0.223. The fourth-order valence-corrected chi connectivity index (χ4v) is 3.33. The molecule has 0 bridgehead atoms. The Hall–Kier alpha value is -2.85. The Morgan fingerprint density at radius 2 is 1.94 bits per heavy atom. The number of hydrogen-bond acceptors (Lipinski definition) is 8. The molecule has 0 radical (unpaired) electrons. The minimum atomic E-state index is -1.11. The van der Waals surface area contributed by atoms with Crippen LogP contribution in [0.3, 0.4) is 0 Å². The van der Waals surface area contributed by atoms with Crippen molar-refractivity contribution in [1.82, 2.24) is 5.32 Å². The molecule has 0 spiro atoms. The lowest BCUT2D eigenvalue weighted by Crippen LogP contribution is -2.65. The molecule has 1 aliphatic heterocycles. The zero-order valence-electron chi connectivity index (χ0n) is 18.0. The largest absolute Gasteiger partial charge is 0.497 e. The van der Waals surface area contributed by atoms with Gasteiger partial charge in [0.05, 0.1) is 20.3 Å². The predicted octanol–water partition coefficient (Wildman–Crippen LogP) is 2.09. The van der Waals surface area contributed by atoms with Crippen LogP contribution in [0.25, 0.3) is 10.4 Å². The number of benzene rings is 1. The summed E-state index contributed by atoms with van der Waals surface area (Å²) in [5.41, 5.74) is 9.87. The molecule has 1 aromatic carbocycles. The van der Waals surface area contributed by atoms with Crippen molar-refractivity contribution in [2.45, 2.75) is 58.0 Å². The third-order valence-electron chi connectivity index (χ3n) is 4.57. The van der Waals surface area contributed by atoms with Crippen LogP contribution in [0.4, 0.5) is 0 Å². The van der Waals surface area contributed by atoms with Gasteiger partial charge in [0.1, 0.15) is 24.0 Å². The Bertz CT molecular complexity index is 782. The first-order valence-electron chi connectivity index (χ1n) is 9.85. The summed E-state index contributed by atoms with van der Waals surface area (Å²) in [7, 11) is 1.59. The Morgan fingerprint density at radius 3 is 2.48 bits per heavy atom. The number of methoxy groups -OCH3 is 1. The highest BCUT2D eigenvalue weighted by Gasteiger charge is 2.48. The van der Waals surface area contributed by atoms with Gasteiger partial charge >= 0.3 is 5.97 Å². The predicted molar refractivity (Wildman–Crippen MR) is 109 cm³/mol. The van der Waals surface area contributed by atoms with E-state index in [0.717, 1.165) is 11.3 Å². The molecule has 5 atom stereocenters. The van der Waals surface area contributed by atoms with Crippen molar-refractivity contribution in [3.8, 4) is 5.75 Å². The maximum Gasteiger partial charge on any atom is 0.303 e. The molecular formula is C20H28N4O7. The van der Waals surface area contributed by atoms with E-state index in [1.54, 1.807) is 14.0 Å². The van der Waals surface area contributed by atoms with Gasteiger partial charge in [0.25, 0.3) is 0 Å². The molecule has 11 heteroatoms. The topological polar surface area (TPSA) is 141 Å². The number of carbonyl (C=O) groups is 2. The molecule has 1 fully saturated rings. The maximum absolute atomic E-state index is 11.7. The monoisotopic (exact) mass is 436 g/mol. The molecule has 0 aromatic heterocycles. The van der Waals surface area contributed by atoms with E-state index in [2.05, 4.69) is 15.3 Å². The van der Waals surface area contributed by atoms with Crippen molar-refractivity contribution in [1.29, 1.82) is 0 Å². The zero-order chi connectivity index (χ0) is 22.8. The molecule has 2 unspecified atom stereocenters. The first-order chi connectivity index (χ1) is 14.9. The van der Waals surface area contributed by atoms with E-state index in [1.807, 2.05) is 24.3 Å². The number of azide groups is 1. The van der Waals surface area contributed by atoms with Gasteiger partial charge in [0.2, 0.25) is 5.91 Å². The molecule has 1 N–H and O–H groups in total. The van der Waals surface area contributed by atoms with Gasteiger partial charge in [0, 0.05) is 25.4 Å². The first-order valence-corrected chi connectivity index (χ1v) is 9.85. The van der Waals surface area contributed by atoms with Crippen LogP contribution >= 0.6 is 0 Å². The second-order valence-electron chi connectivity index (χ2n) is 6.85. The average Bonchev–Trinajstić information content (AvgIpc) is 2.73. The summed E-state index contributed by atoms with van der Waals surface area (Å²) < 4.78 is 28.1. The summed E-state index contributed by atoms with van der Waals surface area (Å²) >= 11 is 0. The number of rotatable bonds is 10. The third-order valence-corrected chi connectivity index (χ3v) is 4.57. The Labute approximate surface area is 180 Å². The van der Waals surface area contributed by atoms with Crippen molar-refractivity contribution < 1.29 is 33.3 Å². The molecule has 1 aliphatic rings. The summed E-state index contributed by atoms with van der Waals surface area (Å²) in [6, 6.07) is 6.48. The molecule has 0 saturated carbocycles. The van der Waals surface area contributed by atoms with Crippen LogP contribution in [-0.4, -0.2) is 62.8 Å². The highest BCUT2D eigenvalue weighted by atomic mass is 16.6. The molecule has 1 heterocycles. The van der Waals surface area contributed by atoms with Gasteiger partial charge in [-0.1, -0.05) is 17.2 Å². The van der Waals surface area contributed by atoms with Gasteiger partial charge in [-0.05, 0) is 30.2 Å². The number of nitrogens with zero attached hydrogens (tertiary/aromatic N) is 3. The summed E-state index contributed by atoms with van der Waals surface area (Å²) in [5, 5.41) is 6.27. The first kappa shape index (κ1) is 24.4. The third kappa shape index (κ3) is 7.11. The minimum absolute atomic E-state index is 0.0820. The summed E-state index contributed by atoms with van der Waals surface area (Å²) in [5.74, 6) is -0.223. The molecular weight excluding hydrogens is 408 g/mol. The van der Waals surface area contributed by atoms with E-state index in [-0.39, 0.29) is 6.61 Å². The van der Waals surface area contributed by atoms with Gasteiger partial charge in [0.15, 0.2) is 12.3 Å². The molecule has 11 nitrogen and oxygen atoms in total. The average molecular weight is 436 g/mol. The van der Waals surface area contributed by atoms with Crippen LogP contribution < -0.4 is 10.1 Å².